The van der Waals surface area contributed by atoms with Gasteiger partial charge in [-0.1, -0.05) is 31.5 Å². The first-order valence-corrected chi connectivity index (χ1v) is 8.87. The Labute approximate surface area is 157 Å². The van der Waals surface area contributed by atoms with Gasteiger partial charge >= 0.3 is 6.18 Å². The van der Waals surface area contributed by atoms with Crippen LogP contribution >= 0.6 is 22.9 Å². The number of rotatable bonds is 5. The number of hydrogen-bond donors (Lipinski definition) is 2. The summed E-state index contributed by atoms with van der Waals surface area (Å²) in [4.78, 5) is 25.1. The molecule has 0 aliphatic rings. The molecule has 0 aliphatic carbocycles. The summed E-state index contributed by atoms with van der Waals surface area (Å²) < 4.78 is 38.8. The van der Waals surface area contributed by atoms with Crippen LogP contribution in [0, 0.1) is 5.92 Å². The van der Waals surface area contributed by atoms with Crippen molar-refractivity contribution in [2.45, 2.75) is 26.1 Å². The van der Waals surface area contributed by atoms with Crippen LogP contribution in [0.3, 0.4) is 0 Å². The van der Waals surface area contributed by atoms with Crippen LogP contribution in [0.4, 0.5) is 18.9 Å². The monoisotopic (exact) mass is 404 g/mol. The van der Waals surface area contributed by atoms with Crippen LogP contribution in [0.2, 0.25) is 5.02 Å². The highest BCUT2D eigenvalue weighted by Crippen LogP contribution is 2.36. The van der Waals surface area contributed by atoms with Gasteiger partial charge in [-0.25, -0.2) is 0 Å². The van der Waals surface area contributed by atoms with E-state index < -0.39 is 34.6 Å². The van der Waals surface area contributed by atoms with Gasteiger partial charge in [0.05, 0.1) is 15.5 Å². The Morgan fingerprint density at radius 3 is 2.42 bits per heavy atom. The highest BCUT2D eigenvalue weighted by atomic mass is 35.5. The van der Waals surface area contributed by atoms with E-state index in [1.807, 2.05) is 0 Å². The zero-order valence-corrected chi connectivity index (χ0v) is 15.4. The fraction of sp³-hybridized carbons (Fsp3) is 0.294. The van der Waals surface area contributed by atoms with Gasteiger partial charge in [0.25, 0.3) is 5.91 Å². The second-order valence-electron chi connectivity index (χ2n) is 5.85. The third kappa shape index (κ3) is 4.98. The number of anilines is 1. The molecule has 0 bridgehead atoms. The quantitative estimate of drug-likeness (QED) is 0.751. The van der Waals surface area contributed by atoms with E-state index in [0.29, 0.717) is 4.88 Å². The van der Waals surface area contributed by atoms with Gasteiger partial charge < -0.3 is 10.6 Å². The van der Waals surface area contributed by atoms with Crippen molar-refractivity contribution in [1.29, 1.82) is 0 Å². The van der Waals surface area contributed by atoms with Crippen molar-refractivity contribution in [2.75, 3.05) is 5.32 Å². The molecule has 1 heterocycles. The third-order valence-corrected chi connectivity index (χ3v) is 4.72. The molecule has 0 spiro atoms. The van der Waals surface area contributed by atoms with E-state index in [1.165, 1.54) is 17.4 Å². The molecule has 0 aliphatic heterocycles. The number of carbonyl (C=O) groups excluding carboxylic acids is 2. The SMILES string of the molecule is CC(C)C(NC(=O)c1cccs1)C(=O)Nc1ccc(Cl)c(C(F)(F)F)c1. The van der Waals surface area contributed by atoms with Crippen LogP contribution in [0.15, 0.2) is 35.7 Å². The van der Waals surface area contributed by atoms with Gasteiger partial charge in [0.15, 0.2) is 0 Å². The summed E-state index contributed by atoms with van der Waals surface area (Å²) >= 11 is 6.79. The molecular weight excluding hydrogens is 389 g/mol. The Hall–Kier alpha value is -2.06. The fourth-order valence-electron chi connectivity index (χ4n) is 2.20. The van der Waals surface area contributed by atoms with Gasteiger partial charge in [0.2, 0.25) is 5.91 Å². The second-order valence-corrected chi connectivity index (χ2v) is 7.21. The zero-order valence-electron chi connectivity index (χ0n) is 13.9. The number of benzene rings is 1. The highest BCUT2D eigenvalue weighted by molar-refractivity contribution is 7.12. The molecule has 26 heavy (non-hydrogen) atoms. The maximum Gasteiger partial charge on any atom is 0.417 e. The lowest BCUT2D eigenvalue weighted by atomic mass is 10.0. The number of thiophene rings is 1. The van der Waals surface area contributed by atoms with Gasteiger partial charge in [-0.15, -0.1) is 11.3 Å². The molecular formula is C17H16ClF3N2O2S. The van der Waals surface area contributed by atoms with Crippen LogP contribution in [-0.4, -0.2) is 17.9 Å². The summed E-state index contributed by atoms with van der Waals surface area (Å²) in [6, 6.07) is 5.51. The lowest BCUT2D eigenvalue weighted by Gasteiger charge is -2.22. The summed E-state index contributed by atoms with van der Waals surface area (Å²) in [5, 5.41) is 6.28. The lowest BCUT2D eigenvalue weighted by Crippen LogP contribution is -2.47. The summed E-state index contributed by atoms with van der Waals surface area (Å²) in [6.07, 6.45) is -4.64. The molecule has 1 aromatic carbocycles. The molecule has 4 nitrogen and oxygen atoms in total. The van der Waals surface area contributed by atoms with Gasteiger partial charge in [0.1, 0.15) is 6.04 Å². The molecule has 0 radical (unpaired) electrons. The molecule has 2 aromatic rings. The topological polar surface area (TPSA) is 58.2 Å². The maximum atomic E-state index is 12.9. The minimum atomic E-state index is -4.64. The molecule has 0 fully saturated rings. The molecule has 0 saturated heterocycles. The van der Waals surface area contributed by atoms with Gasteiger partial charge in [-0.2, -0.15) is 13.2 Å². The highest BCUT2D eigenvalue weighted by Gasteiger charge is 2.34. The van der Waals surface area contributed by atoms with Crippen LogP contribution in [0.25, 0.3) is 0 Å². The van der Waals surface area contributed by atoms with Crippen molar-refractivity contribution in [1.82, 2.24) is 5.32 Å². The number of halogens is 4. The largest absolute Gasteiger partial charge is 0.417 e. The smallest absolute Gasteiger partial charge is 0.339 e. The van der Waals surface area contributed by atoms with Crippen LogP contribution in [0.5, 0.6) is 0 Å². The average Bonchev–Trinajstić information content (AvgIpc) is 3.07. The van der Waals surface area contributed by atoms with Crippen molar-refractivity contribution in [3.63, 3.8) is 0 Å². The predicted molar refractivity (Wildman–Crippen MR) is 95.5 cm³/mol. The predicted octanol–water partition coefficient (Wildman–Crippen LogP) is 4.81. The van der Waals surface area contributed by atoms with Crippen molar-refractivity contribution in [3.05, 3.63) is 51.2 Å². The first-order chi connectivity index (χ1) is 12.1. The van der Waals surface area contributed by atoms with Crippen molar-refractivity contribution < 1.29 is 22.8 Å². The number of hydrogen-bond acceptors (Lipinski definition) is 3. The Kier molecular flexibility index (Phi) is 6.30. The molecule has 0 saturated carbocycles. The van der Waals surface area contributed by atoms with Gasteiger partial charge in [-0.3, -0.25) is 9.59 Å². The van der Waals surface area contributed by atoms with E-state index in [0.717, 1.165) is 12.1 Å². The van der Waals surface area contributed by atoms with Crippen LogP contribution in [-0.2, 0) is 11.0 Å². The zero-order chi connectivity index (χ0) is 19.5. The van der Waals surface area contributed by atoms with Crippen molar-refractivity contribution >= 4 is 40.4 Å². The van der Waals surface area contributed by atoms with Gasteiger partial charge in [-0.05, 0) is 35.6 Å². The number of alkyl halides is 3. The van der Waals surface area contributed by atoms with Gasteiger partial charge in [0, 0.05) is 5.69 Å². The molecule has 9 heteroatoms. The van der Waals surface area contributed by atoms with Crippen molar-refractivity contribution in [3.8, 4) is 0 Å². The van der Waals surface area contributed by atoms with E-state index in [9.17, 15) is 22.8 Å². The molecule has 140 valence electrons. The summed E-state index contributed by atoms with van der Waals surface area (Å²) in [5.74, 6) is -1.30. The molecule has 2 N–H and O–H groups in total. The normalized spacial score (nSPS) is 12.7. The van der Waals surface area contributed by atoms with Crippen LogP contribution < -0.4 is 10.6 Å². The fourth-order valence-corrected chi connectivity index (χ4v) is 3.05. The Morgan fingerprint density at radius 2 is 1.88 bits per heavy atom. The number of nitrogens with one attached hydrogen (secondary N) is 2. The minimum absolute atomic E-state index is 0.0530. The first-order valence-electron chi connectivity index (χ1n) is 7.61. The Bertz CT molecular complexity index is 792. The molecule has 1 aromatic heterocycles. The molecule has 1 atom stereocenters. The molecule has 2 rings (SSSR count). The molecule has 2 amide bonds. The Morgan fingerprint density at radius 1 is 1.19 bits per heavy atom. The van der Waals surface area contributed by atoms with E-state index in [2.05, 4.69) is 10.6 Å². The van der Waals surface area contributed by atoms with E-state index in [4.69, 9.17) is 11.6 Å². The first kappa shape index (κ1) is 20.3. The summed E-state index contributed by atoms with van der Waals surface area (Å²) in [5.41, 5.74) is -1.09. The number of carbonyl (C=O) groups is 2. The van der Waals surface area contributed by atoms with E-state index in [1.54, 1.807) is 31.4 Å². The Balaban J connectivity index is 2.16. The summed E-state index contributed by atoms with van der Waals surface area (Å²) in [7, 11) is 0. The van der Waals surface area contributed by atoms with Crippen molar-refractivity contribution in [2.24, 2.45) is 5.92 Å². The van der Waals surface area contributed by atoms with E-state index in [-0.39, 0.29) is 11.6 Å². The van der Waals surface area contributed by atoms with E-state index >= 15 is 0 Å². The van der Waals surface area contributed by atoms with Crippen LogP contribution in [0.1, 0.15) is 29.1 Å². The standard InChI is InChI=1S/C17H16ClF3N2O2S/c1-9(2)14(23-15(24)13-4-3-7-26-13)16(25)22-10-5-6-12(18)11(8-10)17(19,20)21/h3-9,14H,1-2H3,(H,22,25)(H,23,24). The second kappa shape index (κ2) is 8.09. The maximum absolute atomic E-state index is 12.9. The lowest BCUT2D eigenvalue weighted by molar-refractivity contribution is -0.137. The third-order valence-electron chi connectivity index (χ3n) is 3.52. The summed E-state index contributed by atoms with van der Waals surface area (Å²) in [6.45, 7) is 3.45. The number of amides is 2. The minimum Gasteiger partial charge on any atom is -0.339 e. The average molecular weight is 405 g/mol. The molecule has 1 unspecified atom stereocenters.